The molecule has 2 rings (SSSR count). The van der Waals surface area contributed by atoms with Gasteiger partial charge >= 0.3 is 0 Å². The normalized spacial score (nSPS) is 11.1. The Balaban J connectivity index is 1.91. The zero-order valence-electron chi connectivity index (χ0n) is 13.9. The van der Waals surface area contributed by atoms with Crippen molar-refractivity contribution < 1.29 is 9.53 Å². The molecular formula is C18H24N2O3. The van der Waals surface area contributed by atoms with Crippen LogP contribution in [0.15, 0.2) is 29.1 Å². The van der Waals surface area contributed by atoms with Gasteiger partial charge in [0.25, 0.3) is 5.56 Å². The molecule has 1 heterocycles. The number of carbonyl (C=O) groups excluding carboxylic acids is 1. The van der Waals surface area contributed by atoms with Crippen molar-refractivity contribution in [1.29, 1.82) is 0 Å². The van der Waals surface area contributed by atoms with Crippen molar-refractivity contribution >= 4 is 16.8 Å². The van der Waals surface area contributed by atoms with Crippen LogP contribution in [0.5, 0.6) is 0 Å². The van der Waals surface area contributed by atoms with E-state index in [-0.39, 0.29) is 17.6 Å². The molecule has 0 bridgehead atoms. The maximum absolute atomic E-state index is 12.1. The predicted octanol–water partition coefficient (Wildman–Crippen LogP) is 2.31. The van der Waals surface area contributed by atoms with Crippen LogP contribution in [0.4, 0.5) is 0 Å². The lowest BCUT2D eigenvalue weighted by Gasteiger charge is -2.09. The third-order valence-electron chi connectivity index (χ3n) is 3.58. The van der Waals surface area contributed by atoms with E-state index in [2.05, 4.69) is 10.3 Å². The fourth-order valence-corrected chi connectivity index (χ4v) is 2.37. The number of carbonyl (C=O) groups is 1. The van der Waals surface area contributed by atoms with Gasteiger partial charge in [-0.25, -0.2) is 0 Å². The molecule has 1 amide bonds. The molecule has 0 spiro atoms. The highest BCUT2D eigenvalue weighted by Gasteiger charge is 2.07. The topological polar surface area (TPSA) is 71.2 Å². The van der Waals surface area contributed by atoms with E-state index < -0.39 is 0 Å². The minimum Gasteiger partial charge on any atom is -0.377 e. The lowest BCUT2D eigenvalue weighted by atomic mass is 10.1. The highest BCUT2D eigenvalue weighted by Crippen LogP contribution is 2.13. The molecule has 0 atom stereocenters. The van der Waals surface area contributed by atoms with Crippen LogP contribution < -0.4 is 10.9 Å². The number of nitrogens with one attached hydrogen (secondary N) is 2. The van der Waals surface area contributed by atoms with E-state index >= 15 is 0 Å². The molecule has 1 aromatic carbocycles. The maximum Gasteiger partial charge on any atom is 0.251 e. The molecule has 2 N–H and O–H groups in total. The SMILES string of the molecule is Cc1ccc2cc(CCC(=O)NCCOC(C)C)c(=O)[nH]c2c1. The van der Waals surface area contributed by atoms with Crippen LogP contribution in [-0.2, 0) is 16.0 Å². The Hall–Kier alpha value is -2.14. The lowest BCUT2D eigenvalue weighted by Crippen LogP contribution is -2.28. The van der Waals surface area contributed by atoms with Crippen molar-refractivity contribution in [2.24, 2.45) is 0 Å². The maximum atomic E-state index is 12.1. The number of rotatable bonds is 7. The van der Waals surface area contributed by atoms with Crippen LogP contribution in [0.2, 0.25) is 0 Å². The van der Waals surface area contributed by atoms with Gasteiger partial charge in [-0.3, -0.25) is 9.59 Å². The van der Waals surface area contributed by atoms with Gasteiger partial charge in [-0.2, -0.15) is 0 Å². The Morgan fingerprint density at radius 2 is 2.09 bits per heavy atom. The fraction of sp³-hybridized carbons (Fsp3) is 0.444. The van der Waals surface area contributed by atoms with Crippen LogP contribution in [-0.4, -0.2) is 30.1 Å². The average Bonchev–Trinajstić information content (AvgIpc) is 2.49. The Bertz CT molecular complexity index is 735. The number of benzene rings is 1. The van der Waals surface area contributed by atoms with Crippen molar-refractivity contribution in [3.8, 4) is 0 Å². The Labute approximate surface area is 136 Å². The molecule has 0 aliphatic rings. The van der Waals surface area contributed by atoms with Gasteiger partial charge in [-0.05, 0) is 50.3 Å². The number of aromatic nitrogens is 1. The van der Waals surface area contributed by atoms with Crippen molar-refractivity contribution in [3.63, 3.8) is 0 Å². The Kier molecular flexibility index (Phi) is 5.93. The van der Waals surface area contributed by atoms with E-state index in [4.69, 9.17) is 4.74 Å². The summed E-state index contributed by atoms with van der Waals surface area (Å²) in [5.74, 6) is -0.0687. The van der Waals surface area contributed by atoms with Gasteiger partial charge in [0.15, 0.2) is 0 Å². The molecule has 0 fully saturated rings. The summed E-state index contributed by atoms with van der Waals surface area (Å²) in [6.45, 7) is 6.88. The summed E-state index contributed by atoms with van der Waals surface area (Å²) in [4.78, 5) is 26.8. The zero-order valence-corrected chi connectivity index (χ0v) is 13.9. The van der Waals surface area contributed by atoms with Crippen molar-refractivity contribution in [2.75, 3.05) is 13.2 Å². The van der Waals surface area contributed by atoms with Crippen LogP contribution in [0, 0.1) is 6.92 Å². The van der Waals surface area contributed by atoms with Gasteiger partial charge in [0, 0.05) is 24.0 Å². The number of pyridine rings is 1. The largest absolute Gasteiger partial charge is 0.377 e. The second-order valence-electron chi connectivity index (χ2n) is 5.98. The highest BCUT2D eigenvalue weighted by molar-refractivity contribution is 5.80. The molecule has 23 heavy (non-hydrogen) atoms. The van der Waals surface area contributed by atoms with Crippen molar-refractivity contribution in [3.05, 3.63) is 45.7 Å². The van der Waals surface area contributed by atoms with E-state index in [1.807, 2.05) is 45.0 Å². The summed E-state index contributed by atoms with van der Waals surface area (Å²) in [6, 6.07) is 7.80. The first-order valence-corrected chi connectivity index (χ1v) is 7.96. The molecule has 0 aliphatic heterocycles. The van der Waals surface area contributed by atoms with Crippen LogP contribution in [0.25, 0.3) is 10.9 Å². The van der Waals surface area contributed by atoms with E-state index in [9.17, 15) is 9.59 Å². The Morgan fingerprint density at radius 1 is 1.30 bits per heavy atom. The molecule has 5 heteroatoms. The number of aromatic amines is 1. The van der Waals surface area contributed by atoms with Crippen LogP contribution >= 0.6 is 0 Å². The molecule has 0 aliphatic carbocycles. The quantitative estimate of drug-likeness (QED) is 0.770. The van der Waals surface area contributed by atoms with Gasteiger partial charge < -0.3 is 15.0 Å². The molecule has 0 unspecified atom stereocenters. The summed E-state index contributed by atoms with van der Waals surface area (Å²) >= 11 is 0. The molecule has 2 aromatic rings. The summed E-state index contributed by atoms with van der Waals surface area (Å²) in [5.41, 5.74) is 2.44. The van der Waals surface area contributed by atoms with Crippen molar-refractivity contribution in [2.45, 2.75) is 39.7 Å². The summed E-state index contributed by atoms with van der Waals surface area (Å²) in [7, 11) is 0. The number of hydrogen-bond donors (Lipinski definition) is 2. The number of ether oxygens (including phenoxy) is 1. The Morgan fingerprint density at radius 3 is 2.83 bits per heavy atom. The second kappa shape index (κ2) is 7.92. The van der Waals surface area contributed by atoms with Crippen molar-refractivity contribution in [1.82, 2.24) is 10.3 Å². The van der Waals surface area contributed by atoms with Gasteiger partial charge in [-0.15, -0.1) is 0 Å². The molecule has 124 valence electrons. The van der Waals surface area contributed by atoms with E-state index in [0.29, 0.717) is 31.6 Å². The van der Waals surface area contributed by atoms with E-state index in [1.165, 1.54) is 0 Å². The number of hydrogen-bond acceptors (Lipinski definition) is 3. The van der Waals surface area contributed by atoms with Gasteiger partial charge in [0.2, 0.25) is 5.91 Å². The molecular weight excluding hydrogens is 292 g/mol. The second-order valence-corrected chi connectivity index (χ2v) is 5.98. The monoisotopic (exact) mass is 316 g/mol. The van der Waals surface area contributed by atoms with E-state index in [1.54, 1.807) is 0 Å². The van der Waals surface area contributed by atoms with Gasteiger partial charge in [-0.1, -0.05) is 12.1 Å². The van der Waals surface area contributed by atoms with Gasteiger partial charge in [0.1, 0.15) is 0 Å². The molecule has 0 saturated heterocycles. The smallest absolute Gasteiger partial charge is 0.251 e. The minimum atomic E-state index is -0.126. The van der Waals surface area contributed by atoms with E-state index in [0.717, 1.165) is 16.5 Å². The highest BCUT2D eigenvalue weighted by atomic mass is 16.5. The number of aryl methyl sites for hydroxylation is 2. The first kappa shape index (κ1) is 17.2. The number of fused-ring (bicyclic) bond motifs is 1. The first-order valence-electron chi connectivity index (χ1n) is 7.96. The molecule has 1 aromatic heterocycles. The van der Waals surface area contributed by atoms with Gasteiger partial charge in [0.05, 0.1) is 12.7 Å². The minimum absolute atomic E-state index is 0.0687. The zero-order chi connectivity index (χ0) is 16.8. The fourth-order valence-electron chi connectivity index (χ4n) is 2.37. The third-order valence-corrected chi connectivity index (χ3v) is 3.58. The first-order chi connectivity index (χ1) is 11.0. The standard InChI is InChI=1S/C18H24N2O3/c1-12(2)23-9-8-19-17(21)7-6-15-11-14-5-4-13(3)10-16(14)20-18(15)22/h4-5,10-12H,6-9H2,1-3H3,(H,19,21)(H,20,22). The average molecular weight is 316 g/mol. The summed E-state index contributed by atoms with van der Waals surface area (Å²) in [6.07, 6.45) is 0.879. The third kappa shape index (κ3) is 5.21. The lowest BCUT2D eigenvalue weighted by molar-refractivity contribution is -0.121. The number of H-pyrrole nitrogens is 1. The predicted molar refractivity (Wildman–Crippen MR) is 91.7 cm³/mol. The number of amides is 1. The van der Waals surface area contributed by atoms with Crippen LogP contribution in [0.3, 0.4) is 0 Å². The molecule has 0 radical (unpaired) electrons. The summed E-state index contributed by atoms with van der Waals surface area (Å²) in [5, 5.41) is 3.78. The van der Waals surface area contributed by atoms with Crippen LogP contribution in [0.1, 0.15) is 31.4 Å². The molecule has 5 nitrogen and oxygen atoms in total. The molecule has 0 saturated carbocycles. The summed E-state index contributed by atoms with van der Waals surface area (Å²) < 4.78 is 5.36.